The Morgan fingerprint density at radius 1 is 1.28 bits per heavy atom. The Labute approximate surface area is 104 Å². The minimum absolute atomic E-state index is 0.0652. The zero-order valence-corrected chi connectivity index (χ0v) is 10.2. The molecule has 0 aromatic heterocycles. The zero-order chi connectivity index (χ0) is 13.8. The summed E-state index contributed by atoms with van der Waals surface area (Å²) >= 11 is 0. The highest BCUT2D eigenvalue weighted by atomic mass is 19.4. The van der Waals surface area contributed by atoms with E-state index < -0.39 is 11.7 Å². The van der Waals surface area contributed by atoms with Crippen LogP contribution in [0.5, 0.6) is 0 Å². The maximum atomic E-state index is 12.3. The molecule has 1 aromatic carbocycles. The molecule has 0 aliphatic carbocycles. The van der Waals surface area contributed by atoms with Crippen LogP contribution in [-0.2, 0) is 11.0 Å². The third-order valence-corrected chi connectivity index (χ3v) is 2.56. The van der Waals surface area contributed by atoms with Crippen molar-refractivity contribution >= 4 is 11.6 Å². The summed E-state index contributed by atoms with van der Waals surface area (Å²) in [5, 5.41) is 2.78. The first kappa shape index (κ1) is 14.3. The second-order valence-corrected chi connectivity index (χ2v) is 3.84. The molecule has 3 nitrogen and oxygen atoms in total. The first-order chi connectivity index (χ1) is 8.34. The lowest BCUT2D eigenvalue weighted by atomic mass is 10.2. The van der Waals surface area contributed by atoms with Gasteiger partial charge in [-0.2, -0.15) is 13.2 Å². The van der Waals surface area contributed by atoms with E-state index in [1.165, 1.54) is 17.0 Å². The Bertz CT molecular complexity index is 401. The quantitative estimate of drug-likeness (QED) is 0.902. The highest BCUT2D eigenvalue weighted by molar-refractivity contribution is 5.80. The predicted octanol–water partition coefficient (Wildman–Crippen LogP) is 2.60. The van der Waals surface area contributed by atoms with Crippen LogP contribution >= 0.6 is 0 Å². The van der Waals surface area contributed by atoms with Gasteiger partial charge in [0.25, 0.3) is 0 Å². The van der Waals surface area contributed by atoms with Crippen molar-refractivity contribution in [2.24, 2.45) is 0 Å². The number of nitrogens with zero attached hydrogens (tertiary/aromatic N) is 1. The molecule has 0 bridgehead atoms. The van der Waals surface area contributed by atoms with Gasteiger partial charge in [-0.05, 0) is 31.2 Å². The number of amides is 1. The van der Waals surface area contributed by atoms with Crippen LogP contribution in [0.15, 0.2) is 24.3 Å². The third-order valence-electron chi connectivity index (χ3n) is 2.56. The lowest BCUT2D eigenvalue weighted by molar-refractivity contribution is -0.137. The maximum absolute atomic E-state index is 12.3. The lowest BCUT2D eigenvalue weighted by Gasteiger charge is -2.15. The molecule has 0 radical (unpaired) electrons. The molecule has 0 heterocycles. The average molecular weight is 260 g/mol. The van der Waals surface area contributed by atoms with E-state index in [0.717, 1.165) is 12.1 Å². The molecular weight excluding hydrogens is 245 g/mol. The highest BCUT2D eigenvalue weighted by Crippen LogP contribution is 2.29. The van der Waals surface area contributed by atoms with Gasteiger partial charge < -0.3 is 10.2 Å². The average Bonchev–Trinajstić information content (AvgIpc) is 2.34. The molecule has 0 aliphatic heterocycles. The van der Waals surface area contributed by atoms with E-state index >= 15 is 0 Å². The van der Waals surface area contributed by atoms with Gasteiger partial charge >= 0.3 is 6.18 Å². The van der Waals surface area contributed by atoms with Crippen LogP contribution in [0, 0.1) is 0 Å². The van der Waals surface area contributed by atoms with Crippen LogP contribution in [0.3, 0.4) is 0 Å². The minimum atomic E-state index is -4.34. The van der Waals surface area contributed by atoms with Crippen molar-refractivity contribution in [1.29, 1.82) is 0 Å². The van der Waals surface area contributed by atoms with E-state index in [0.29, 0.717) is 12.2 Å². The van der Waals surface area contributed by atoms with Gasteiger partial charge in [0, 0.05) is 19.3 Å². The molecule has 1 amide bonds. The number of hydrogen-bond acceptors (Lipinski definition) is 2. The fourth-order valence-electron chi connectivity index (χ4n) is 1.27. The van der Waals surface area contributed by atoms with Crippen molar-refractivity contribution in [2.45, 2.75) is 13.1 Å². The van der Waals surface area contributed by atoms with E-state index in [1.54, 1.807) is 7.05 Å². The van der Waals surface area contributed by atoms with Gasteiger partial charge in [-0.3, -0.25) is 4.79 Å². The van der Waals surface area contributed by atoms with Crippen molar-refractivity contribution in [3.63, 3.8) is 0 Å². The number of carbonyl (C=O) groups excluding carboxylic acids is 1. The Hall–Kier alpha value is -1.72. The molecule has 1 rings (SSSR count). The fraction of sp³-hybridized carbons (Fsp3) is 0.417. The molecule has 1 N–H and O–H groups in total. The van der Waals surface area contributed by atoms with Gasteiger partial charge in [0.2, 0.25) is 5.91 Å². The van der Waals surface area contributed by atoms with Crippen LogP contribution in [0.25, 0.3) is 0 Å². The third kappa shape index (κ3) is 3.94. The van der Waals surface area contributed by atoms with Gasteiger partial charge in [-0.15, -0.1) is 0 Å². The molecule has 100 valence electrons. The molecular formula is C12H15F3N2O. The summed E-state index contributed by atoms with van der Waals surface area (Å²) in [6.07, 6.45) is -4.34. The van der Waals surface area contributed by atoms with Crippen LogP contribution in [0.4, 0.5) is 18.9 Å². The first-order valence-corrected chi connectivity index (χ1v) is 5.49. The van der Waals surface area contributed by atoms with Crippen molar-refractivity contribution in [3.8, 4) is 0 Å². The minimum Gasteiger partial charge on any atom is -0.376 e. The van der Waals surface area contributed by atoms with Crippen molar-refractivity contribution < 1.29 is 18.0 Å². The summed E-state index contributed by atoms with van der Waals surface area (Å²) in [5.74, 6) is -0.114. The van der Waals surface area contributed by atoms with Crippen molar-refractivity contribution in [2.75, 3.05) is 25.5 Å². The van der Waals surface area contributed by atoms with E-state index in [1.807, 2.05) is 6.92 Å². The van der Waals surface area contributed by atoms with Crippen LogP contribution in [0.2, 0.25) is 0 Å². The van der Waals surface area contributed by atoms with Gasteiger partial charge in [0.05, 0.1) is 12.1 Å². The monoisotopic (exact) mass is 260 g/mol. The molecule has 0 unspecified atom stereocenters. The van der Waals surface area contributed by atoms with Crippen LogP contribution in [-0.4, -0.2) is 30.9 Å². The van der Waals surface area contributed by atoms with Gasteiger partial charge in [-0.1, -0.05) is 0 Å². The van der Waals surface area contributed by atoms with Crippen LogP contribution < -0.4 is 5.32 Å². The summed E-state index contributed by atoms with van der Waals surface area (Å²) in [4.78, 5) is 13.0. The molecule has 0 atom stereocenters. The molecule has 0 fully saturated rings. The number of nitrogens with one attached hydrogen (secondary N) is 1. The van der Waals surface area contributed by atoms with Crippen molar-refractivity contribution in [3.05, 3.63) is 29.8 Å². The number of benzene rings is 1. The predicted molar refractivity (Wildman–Crippen MR) is 63.2 cm³/mol. The molecule has 1 aromatic rings. The second-order valence-electron chi connectivity index (χ2n) is 3.84. The summed E-state index contributed by atoms with van der Waals surface area (Å²) in [6.45, 7) is 2.50. The summed E-state index contributed by atoms with van der Waals surface area (Å²) in [7, 11) is 1.66. The van der Waals surface area contributed by atoms with Gasteiger partial charge in [0.1, 0.15) is 0 Å². The Morgan fingerprint density at radius 2 is 1.83 bits per heavy atom. The number of likely N-dealkylation sites (N-methyl/N-ethyl adjacent to an activating group) is 1. The zero-order valence-electron chi connectivity index (χ0n) is 10.2. The second kappa shape index (κ2) is 5.75. The van der Waals surface area contributed by atoms with Gasteiger partial charge in [-0.25, -0.2) is 0 Å². The summed E-state index contributed by atoms with van der Waals surface area (Å²) in [5.41, 5.74) is -0.217. The molecule has 0 aliphatic rings. The van der Waals surface area contributed by atoms with E-state index in [-0.39, 0.29) is 12.5 Å². The normalized spacial score (nSPS) is 11.2. The number of carbonyl (C=O) groups is 1. The first-order valence-electron chi connectivity index (χ1n) is 5.49. The molecule has 18 heavy (non-hydrogen) atoms. The highest BCUT2D eigenvalue weighted by Gasteiger charge is 2.29. The topological polar surface area (TPSA) is 32.3 Å². The molecule has 0 spiro atoms. The van der Waals surface area contributed by atoms with E-state index in [9.17, 15) is 18.0 Å². The van der Waals surface area contributed by atoms with E-state index in [4.69, 9.17) is 0 Å². The number of alkyl halides is 3. The fourth-order valence-corrected chi connectivity index (χ4v) is 1.27. The van der Waals surface area contributed by atoms with Gasteiger partial charge in [0.15, 0.2) is 0 Å². The largest absolute Gasteiger partial charge is 0.416 e. The molecule has 6 heteroatoms. The van der Waals surface area contributed by atoms with Crippen molar-refractivity contribution in [1.82, 2.24) is 4.90 Å². The maximum Gasteiger partial charge on any atom is 0.416 e. The van der Waals surface area contributed by atoms with E-state index in [2.05, 4.69) is 5.32 Å². The smallest absolute Gasteiger partial charge is 0.376 e. The number of hydrogen-bond donors (Lipinski definition) is 1. The van der Waals surface area contributed by atoms with Crippen LogP contribution in [0.1, 0.15) is 12.5 Å². The lowest BCUT2D eigenvalue weighted by Crippen LogP contribution is -2.31. The Morgan fingerprint density at radius 3 is 2.28 bits per heavy atom. The Balaban J connectivity index is 2.57. The summed E-state index contributed by atoms with van der Waals surface area (Å²) < 4.78 is 36.9. The summed E-state index contributed by atoms with van der Waals surface area (Å²) in [6, 6.07) is 4.58. The number of anilines is 1. The number of rotatable bonds is 4. The number of halogens is 3. The standard InChI is InChI=1S/C12H15F3N2O/c1-3-17(2)11(18)8-16-10-6-4-9(5-7-10)12(13,14)15/h4-7,16H,3,8H2,1-2H3. The molecule has 0 saturated heterocycles. The SMILES string of the molecule is CCN(C)C(=O)CNc1ccc(C(F)(F)F)cc1. The molecule has 0 saturated carbocycles. The Kier molecular flexibility index (Phi) is 4.58.